The number of thiocarbonyl (C=S) groups is 1. The summed E-state index contributed by atoms with van der Waals surface area (Å²) in [4.78, 5) is 7.36. The van der Waals surface area contributed by atoms with Gasteiger partial charge in [-0.25, -0.2) is 4.98 Å². The van der Waals surface area contributed by atoms with Crippen molar-refractivity contribution >= 4 is 17.3 Å². The largest absolute Gasteiger partial charge is 0.366 e. The molecule has 1 aromatic rings. The quantitative estimate of drug-likeness (QED) is 0.679. The normalized spacial score (nSPS) is 14.3. The average Bonchev–Trinajstić information content (AvgIpc) is 2.70. The molecule has 5 heteroatoms. The zero-order chi connectivity index (χ0) is 11.3. The van der Waals surface area contributed by atoms with Crippen molar-refractivity contribution in [2.45, 2.75) is 32.2 Å². The average molecular weight is 226 g/mol. The molecule has 2 unspecified atom stereocenters. The van der Waals surface area contributed by atoms with Crippen molar-refractivity contribution in [3.05, 3.63) is 18.2 Å². The lowest BCUT2D eigenvalue weighted by molar-refractivity contribution is 0.530. The van der Waals surface area contributed by atoms with Gasteiger partial charge in [0.05, 0.1) is 0 Å². The van der Waals surface area contributed by atoms with Gasteiger partial charge in [0.1, 0.15) is 5.82 Å². The number of aromatic amines is 1. The summed E-state index contributed by atoms with van der Waals surface area (Å²) in [5, 5.41) is 6.79. The number of imidazole rings is 1. The topological polar surface area (TPSA) is 52.7 Å². The maximum Gasteiger partial charge on any atom is 0.166 e. The summed E-state index contributed by atoms with van der Waals surface area (Å²) in [5.41, 5.74) is 0. The molecule has 0 amide bonds. The van der Waals surface area contributed by atoms with Crippen molar-refractivity contribution in [1.82, 2.24) is 20.6 Å². The third kappa shape index (κ3) is 3.87. The minimum Gasteiger partial charge on any atom is -0.366 e. The van der Waals surface area contributed by atoms with Crippen LogP contribution in [0.25, 0.3) is 0 Å². The first kappa shape index (κ1) is 12.0. The molecule has 0 radical (unpaired) electrons. The van der Waals surface area contributed by atoms with E-state index >= 15 is 0 Å². The zero-order valence-corrected chi connectivity index (χ0v) is 10.2. The first-order valence-corrected chi connectivity index (χ1v) is 5.51. The molecular formula is C10H18N4S. The van der Waals surface area contributed by atoms with Crippen molar-refractivity contribution in [2.75, 3.05) is 7.05 Å². The van der Waals surface area contributed by atoms with Crippen molar-refractivity contribution in [3.63, 3.8) is 0 Å². The maximum atomic E-state index is 5.04. The van der Waals surface area contributed by atoms with Crippen LogP contribution in [0.1, 0.15) is 32.0 Å². The van der Waals surface area contributed by atoms with Crippen LogP contribution in [0, 0.1) is 0 Å². The Hall–Kier alpha value is -1.10. The molecule has 1 rings (SSSR count). The van der Waals surface area contributed by atoms with Gasteiger partial charge < -0.3 is 15.6 Å². The molecule has 2 atom stereocenters. The smallest absolute Gasteiger partial charge is 0.166 e. The second kappa shape index (κ2) is 5.70. The molecule has 0 aliphatic rings. The van der Waals surface area contributed by atoms with E-state index in [0.717, 1.165) is 12.2 Å². The lowest BCUT2D eigenvalue weighted by Gasteiger charge is -2.18. The van der Waals surface area contributed by atoms with Crippen LogP contribution in [0.5, 0.6) is 0 Å². The maximum absolute atomic E-state index is 5.04. The molecule has 1 heterocycles. The van der Waals surface area contributed by atoms with Crippen LogP contribution in [-0.4, -0.2) is 28.2 Å². The Balaban J connectivity index is 2.38. The number of aromatic nitrogens is 2. The van der Waals surface area contributed by atoms with E-state index in [1.807, 2.05) is 13.2 Å². The molecule has 84 valence electrons. The van der Waals surface area contributed by atoms with E-state index in [1.54, 1.807) is 6.20 Å². The van der Waals surface area contributed by atoms with Gasteiger partial charge in [0.15, 0.2) is 5.11 Å². The van der Waals surface area contributed by atoms with Gasteiger partial charge in [-0.1, -0.05) is 6.92 Å². The molecule has 0 saturated heterocycles. The monoisotopic (exact) mass is 226 g/mol. The van der Waals surface area contributed by atoms with E-state index in [1.165, 1.54) is 0 Å². The third-order valence-corrected chi connectivity index (χ3v) is 2.62. The van der Waals surface area contributed by atoms with Gasteiger partial charge in [-0.05, 0) is 25.6 Å². The fourth-order valence-corrected chi connectivity index (χ4v) is 1.75. The van der Waals surface area contributed by atoms with Crippen LogP contribution in [-0.2, 0) is 0 Å². The molecule has 1 aromatic heterocycles. The number of rotatable bonds is 4. The van der Waals surface area contributed by atoms with Crippen LogP contribution >= 0.6 is 12.2 Å². The summed E-state index contributed by atoms with van der Waals surface area (Å²) < 4.78 is 0. The second-order valence-electron chi connectivity index (χ2n) is 3.74. The summed E-state index contributed by atoms with van der Waals surface area (Å²) in [7, 11) is 1.82. The Kier molecular flexibility index (Phi) is 4.55. The molecule has 0 aliphatic carbocycles. The summed E-state index contributed by atoms with van der Waals surface area (Å²) in [6, 6.07) is 0.338. The number of hydrogen-bond acceptors (Lipinski definition) is 2. The van der Waals surface area contributed by atoms with E-state index in [0.29, 0.717) is 17.1 Å². The van der Waals surface area contributed by atoms with Gasteiger partial charge in [-0.15, -0.1) is 0 Å². The van der Waals surface area contributed by atoms with Crippen LogP contribution in [0.4, 0.5) is 0 Å². The molecule has 0 aromatic carbocycles. The Morgan fingerprint density at radius 3 is 2.87 bits per heavy atom. The SMILES string of the molecule is CNC(=S)NC(C)CC(C)c1ncc[nH]1. The van der Waals surface area contributed by atoms with Crippen LogP contribution in [0.2, 0.25) is 0 Å². The van der Waals surface area contributed by atoms with Crippen LogP contribution in [0.3, 0.4) is 0 Å². The van der Waals surface area contributed by atoms with E-state index in [9.17, 15) is 0 Å². The molecule has 0 aliphatic heterocycles. The summed E-state index contributed by atoms with van der Waals surface area (Å²) in [6.07, 6.45) is 4.62. The highest BCUT2D eigenvalue weighted by Gasteiger charge is 2.12. The highest BCUT2D eigenvalue weighted by Crippen LogP contribution is 2.16. The van der Waals surface area contributed by atoms with Crippen LogP contribution in [0.15, 0.2) is 12.4 Å². The highest BCUT2D eigenvalue weighted by molar-refractivity contribution is 7.80. The minimum atomic E-state index is 0.338. The summed E-state index contributed by atoms with van der Waals surface area (Å²) >= 11 is 5.04. The number of nitrogens with one attached hydrogen (secondary N) is 3. The van der Waals surface area contributed by atoms with Crippen molar-refractivity contribution in [3.8, 4) is 0 Å². The van der Waals surface area contributed by atoms with Gasteiger partial charge in [-0.3, -0.25) is 0 Å². The Morgan fingerprint density at radius 2 is 2.33 bits per heavy atom. The molecule has 3 N–H and O–H groups in total. The van der Waals surface area contributed by atoms with Gasteiger partial charge >= 0.3 is 0 Å². The molecule has 15 heavy (non-hydrogen) atoms. The zero-order valence-electron chi connectivity index (χ0n) is 9.37. The summed E-state index contributed by atoms with van der Waals surface area (Å²) in [5.74, 6) is 1.43. The lowest BCUT2D eigenvalue weighted by atomic mass is 10.0. The number of nitrogens with zero attached hydrogens (tertiary/aromatic N) is 1. The predicted octanol–water partition coefficient (Wildman–Crippen LogP) is 1.39. The van der Waals surface area contributed by atoms with E-state index in [2.05, 4.69) is 34.4 Å². The van der Waals surface area contributed by atoms with Crippen molar-refractivity contribution in [2.24, 2.45) is 0 Å². The number of hydrogen-bond donors (Lipinski definition) is 3. The number of H-pyrrole nitrogens is 1. The molecule has 4 nitrogen and oxygen atoms in total. The summed E-state index contributed by atoms with van der Waals surface area (Å²) in [6.45, 7) is 4.27. The first-order chi connectivity index (χ1) is 7.13. The van der Waals surface area contributed by atoms with Crippen molar-refractivity contribution in [1.29, 1.82) is 0 Å². The molecule has 0 spiro atoms. The minimum absolute atomic E-state index is 0.338. The fourth-order valence-electron chi connectivity index (χ4n) is 1.54. The van der Waals surface area contributed by atoms with Crippen LogP contribution < -0.4 is 10.6 Å². The van der Waals surface area contributed by atoms with Gasteiger partial charge in [0, 0.05) is 31.4 Å². The van der Waals surface area contributed by atoms with Gasteiger partial charge in [0.25, 0.3) is 0 Å². The Bertz CT molecular complexity index is 296. The third-order valence-electron chi connectivity index (χ3n) is 2.30. The van der Waals surface area contributed by atoms with Gasteiger partial charge in [-0.2, -0.15) is 0 Å². The molecule has 0 fully saturated rings. The van der Waals surface area contributed by atoms with E-state index in [4.69, 9.17) is 12.2 Å². The first-order valence-electron chi connectivity index (χ1n) is 5.11. The van der Waals surface area contributed by atoms with E-state index in [-0.39, 0.29) is 0 Å². The van der Waals surface area contributed by atoms with Crippen molar-refractivity contribution < 1.29 is 0 Å². The van der Waals surface area contributed by atoms with E-state index < -0.39 is 0 Å². The Labute approximate surface area is 95.9 Å². The lowest BCUT2D eigenvalue weighted by Crippen LogP contribution is -2.39. The predicted molar refractivity (Wildman–Crippen MR) is 65.9 cm³/mol. The molecule has 0 saturated carbocycles. The fraction of sp³-hybridized carbons (Fsp3) is 0.600. The molecular weight excluding hydrogens is 208 g/mol. The Morgan fingerprint density at radius 1 is 1.60 bits per heavy atom. The second-order valence-corrected chi connectivity index (χ2v) is 4.14. The molecule has 0 bridgehead atoms. The standard InChI is InChI=1S/C10H18N4S/c1-7(9-12-4-5-13-9)6-8(2)14-10(15)11-3/h4-5,7-8H,6H2,1-3H3,(H,12,13)(H2,11,14,15). The highest BCUT2D eigenvalue weighted by atomic mass is 32.1. The van der Waals surface area contributed by atoms with Gasteiger partial charge in [0.2, 0.25) is 0 Å².